The number of allylic oxidation sites excluding steroid dienone is 1. The number of aliphatic imine (C=N–C) groups is 1. The molecule has 1 aromatic carbocycles. The van der Waals surface area contributed by atoms with Crippen molar-refractivity contribution in [1.82, 2.24) is 15.4 Å². The van der Waals surface area contributed by atoms with Crippen LogP contribution in [0.3, 0.4) is 0 Å². The molecule has 1 N–H and O–H groups in total. The van der Waals surface area contributed by atoms with Gasteiger partial charge in [0.25, 0.3) is 5.91 Å². The molecule has 1 aromatic heterocycles. The molecule has 1 aliphatic heterocycles. The largest absolute Gasteiger partial charge is 0.321 e. The van der Waals surface area contributed by atoms with Gasteiger partial charge in [-0.1, -0.05) is 23.7 Å². The fourth-order valence-corrected chi connectivity index (χ4v) is 3.29. The van der Waals surface area contributed by atoms with Crippen molar-refractivity contribution in [2.75, 3.05) is 7.11 Å². The molecule has 0 saturated heterocycles. The first-order valence-electron chi connectivity index (χ1n) is 8.75. The summed E-state index contributed by atoms with van der Waals surface area (Å²) >= 11 is 5.95. The van der Waals surface area contributed by atoms with Gasteiger partial charge in [0.2, 0.25) is 0 Å². The molecule has 146 valence electrons. The molecule has 0 fully saturated rings. The van der Waals surface area contributed by atoms with E-state index in [1.165, 1.54) is 12.1 Å². The maximum Gasteiger partial charge on any atom is 0.274 e. The quantitative estimate of drug-likeness (QED) is 0.833. The average Bonchev–Trinajstić information content (AvgIpc) is 2.75. The number of carbonyl (C=O) groups excluding carboxylic acids is 1. The van der Waals surface area contributed by atoms with Gasteiger partial charge in [-0.25, -0.2) is 14.4 Å². The molecule has 1 aliphatic carbocycles. The average molecular weight is 411 g/mol. The molecule has 1 amide bonds. The zero-order valence-electron chi connectivity index (χ0n) is 15.3. The molecule has 2 aliphatic rings. The second-order valence-corrected chi connectivity index (χ2v) is 6.70. The van der Waals surface area contributed by atoms with Gasteiger partial charge in [-0.2, -0.15) is 0 Å². The van der Waals surface area contributed by atoms with Gasteiger partial charge in [0.15, 0.2) is 0 Å². The molecule has 6 nitrogen and oxygen atoms in total. The summed E-state index contributed by atoms with van der Waals surface area (Å²) in [6.45, 7) is 0. The summed E-state index contributed by atoms with van der Waals surface area (Å²) in [5.41, 5.74) is 2.93. The molecule has 8 heteroatoms. The zero-order valence-corrected chi connectivity index (χ0v) is 16.1. The van der Waals surface area contributed by atoms with E-state index in [2.05, 4.69) is 15.3 Å². The van der Waals surface area contributed by atoms with Gasteiger partial charge < -0.3 is 5.32 Å². The lowest BCUT2D eigenvalue weighted by atomic mass is 9.94. The molecule has 0 saturated carbocycles. The van der Waals surface area contributed by atoms with Crippen LogP contribution in [0, 0.1) is 5.82 Å². The van der Waals surface area contributed by atoms with E-state index in [0.717, 1.165) is 5.57 Å². The van der Waals surface area contributed by atoms with E-state index in [1.807, 2.05) is 6.08 Å². The highest BCUT2D eigenvalue weighted by Gasteiger charge is 2.28. The first-order chi connectivity index (χ1) is 14.1. The summed E-state index contributed by atoms with van der Waals surface area (Å²) in [6.07, 6.45) is 8.58. The Bertz CT molecular complexity index is 1080. The van der Waals surface area contributed by atoms with E-state index in [9.17, 15) is 9.18 Å². The van der Waals surface area contributed by atoms with E-state index in [-0.39, 0.29) is 17.0 Å². The number of nitrogens with zero attached hydrogens (tertiary/aromatic N) is 3. The summed E-state index contributed by atoms with van der Waals surface area (Å²) in [6, 6.07) is 9.29. The van der Waals surface area contributed by atoms with Crippen molar-refractivity contribution >= 4 is 29.5 Å². The van der Waals surface area contributed by atoms with Crippen molar-refractivity contribution < 1.29 is 14.0 Å². The van der Waals surface area contributed by atoms with Gasteiger partial charge >= 0.3 is 0 Å². The third kappa shape index (κ3) is 3.83. The predicted octanol–water partition coefficient (Wildman–Crippen LogP) is 3.74. The fourth-order valence-electron chi connectivity index (χ4n) is 3.11. The SMILES string of the molecule is CON1C=NC(c2ccc(F)c(Cl)c2)=C2C=C(NC(=O)c3ccccn3)C=CC21. The number of pyridine rings is 1. The fraction of sp³-hybridized carbons (Fsp3) is 0.0952. The molecule has 4 rings (SSSR count). The second kappa shape index (κ2) is 7.98. The van der Waals surface area contributed by atoms with Crippen molar-refractivity contribution in [2.24, 2.45) is 4.99 Å². The summed E-state index contributed by atoms with van der Waals surface area (Å²) < 4.78 is 13.6. The smallest absolute Gasteiger partial charge is 0.274 e. The Morgan fingerprint density at radius 1 is 1.31 bits per heavy atom. The molecule has 1 atom stereocenters. The molecule has 2 heterocycles. The number of carbonyl (C=O) groups is 1. The number of fused-ring (bicyclic) bond motifs is 1. The molecule has 29 heavy (non-hydrogen) atoms. The first kappa shape index (κ1) is 19.0. The lowest BCUT2D eigenvalue weighted by Gasteiger charge is -2.32. The normalized spacial score (nSPS) is 17.8. The predicted molar refractivity (Wildman–Crippen MR) is 108 cm³/mol. The molecule has 0 radical (unpaired) electrons. The molecule has 0 spiro atoms. The van der Waals surface area contributed by atoms with Crippen LogP contribution in [0.5, 0.6) is 0 Å². The van der Waals surface area contributed by atoms with Gasteiger partial charge in [-0.05, 0) is 42.5 Å². The Morgan fingerprint density at radius 2 is 2.17 bits per heavy atom. The minimum atomic E-state index is -0.502. The first-order valence-corrected chi connectivity index (χ1v) is 9.13. The van der Waals surface area contributed by atoms with E-state index in [0.29, 0.717) is 22.7 Å². The van der Waals surface area contributed by atoms with Crippen molar-refractivity contribution in [3.8, 4) is 0 Å². The number of aromatic nitrogens is 1. The monoisotopic (exact) mass is 410 g/mol. The van der Waals surface area contributed by atoms with Crippen molar-refractivity contribution in [3.05, 3.63) is 94.2 Å². The van der Waals surface area contributed by atoms with E-state index < -0.39 is 5.82 Å². The van der Waals surface area contributed by atoms with Gasteiger partial charge in [0.1, 0.15) is 23.9 Å². The summed E-state index contributed by atoms with van der Waals surface area (Å²) in [5, 5.41) is 4.42. The van der Waals surface area contributed by atoms with Crippen LogP contribution in [0.4, 0.5) is 4.39 Å². The Labute approximate surface area is 171 Å². The zero-order chi connectivity index (χ0) is 20.4. The molecular formula is C21H16ClFN4O2. The van der Waals surface area contributed by atoms with Crippen LogP contribution in [0.1, 0.15) is 16.1 Å². The third-order valence-electron chi connectivity index (χ3n) is 4.50. The number of hydrogen-bond donors (Lipinski definition) is 1. The van der Waals surface area contributed by atoms with Crippen LogP contribution in [0.25, 0.3) is 5.70 Å². The van der Waals surface area contributed by atoms with Gasteiger partial charge in [0.05, 0.1) is 17.8 Å². The van der Waals surface area contributed by atoms with Crippen LogP contribution < -0.4 is 5.32 Å². The number of rotatable bonds is 4. The number of halogens is 2. The van der Waals surface area contributed by atoms with E-state index in [1.54, 1.807) is 61.1 Å². The number of hydrogen-bond acceptors (Lipinski definition) is 5. The maximum atomic E-state index is 13.6. The summed E-state index contributed by atoms with van der Waals surface area (Å²) in [7, 11) is 1.54. The van der Waals surface area contributed by atoms with Crippen molar-refractivity contribution in [2.45, 2.75) is 6.04 Å². The van der Waals surface area contributed by atoms with E-state index in [4.69, 9.17) is 16.4 Å². The highest BCUT2D eigenvalue weighted by atomic mass is 35.5. The molecule has 0 bridgehead atoms. The van der Waals surface area contributed by atoms with Crippen LogP contribution >= 0.6 is 11.6 Å². The lowest BCUT2D eigenvalue weighted by molar-refractivity contribution is -0.0712. The number of hydroxylamine groups is 2. The molecule has 2 aromatic rings. The topological polar surface area (TPSA) is 66.8 Å². The van der Waals surface area contributed by atoms with Crippen LogP contribution in [-0.2, 0) is 4.84 Å². The van der Waals surface area contributed by atoms with Gasteiger partial charge in [-0.15, -0.1) is 0 Å². The second-order valence-electron chi connectivity index (χ2n) is 6.29. The summed E-state index contributed by atoms with van der Waals surface area (Å²) in [4.78, 5) is 26.3. The van der Waals surface area contributed by atoms with Crippen molar-refractivity contribution in [3.63, 3.8) is 0 Å². The van der Waals surface area contributed by atoms with Crippen molar-refractivity contribution in [1.29, 1.82) is 0 Å². The van der Waals surface area contributed by atoms with Crippen LogP contribution in [-0.4, -0.2) is 35.4 Å². The third-order valence-corrected chi connectivity index (χ3v) is 4.78. The van der Waals surface area contributed by atoms with Crippen LogP contribution in [0.2, 0.25) is 5.02 Å². The number of benzene rings is 1. The summed E-state index contributed by atoms with van der Waals surface area (Å²) in [5.74, 6) is -0.826. The Hall–Kier alpha value is -3.29. The Morgan fingerprint density at radius 3 is 2.90 bits per heavy atom. The minimum absolute atomic E-state index is 0.00975. The number of amides is 1. The van der Waals surface area contributed by atoms with E-state index >= 15 is 0 Å². The lowest BCUT2D eigenvalue weighted by Crippen LogP contribution is -2.37. The Kier molecular flexibility index (Phi) is 5.24. The molecule has 1 unspecified atom stereocenters. The standard InChI is InChI=1S/C21H16ClFN4O2/c1-29-27-12-25-20(13-5-7-17(23)16(22)10-13)15-11-14(6-8-19(15)27)26-21(28)18-4-2-3-9-24-18/h2-12,19H,1H3,(H,26,28). The minimum Gasteiger partial charge on any atom is -0.321 e. The van der Waals surface area contributed by atoms with Gasteiger partial charge in [-0.3, -0.25) is 14.6 Å². The maximum absolute atomic E-state index is 13.6. The Balaban J connectivity index is 1.72. The highest BCUT2D eigenvalue weighted by Crippen LogP contribution is 2.33. The molecular weight excluding hydrogens is 395 g/mol. The van der Waals surface area contributed by atoms with Crippen LogP contribution in [0.15, 0.2) is 77.1 Å². The highest BCUT2D eigenvalue weighted by molar-refractivity contribution is 6.30. The van der Waals surface area contributed by atoms with Gasteiger partial charge in [0, 0.05) is 23.0 Å². The number of nitrogens with one attached hydrogen (secondary N) is 1.